The van der Waals surface area contributed by atoms with Crippen LogP contribution in [0.15, 0.2) is 0 Å². The highest BCUT2D eigenvalue weighted by atomic mass is 16.5. The minimum Gasteiger partial charge on any atom is -0.394 e. The van der Waals surface area contributed by atoms with Crippen LogP contribution in [0, 0.1) is 0 Å². The zero-order chi connectivity index (χ0) is 7.56. The maximum atomic E-state index is 9.04. The smallest absolute Gasteiger partial charge is 0.103 e. The Morgan fingerprint density at radius 3 is 2.50 bits per heavy atom. The van der Waals surface area contributed by atoms with Gasteiger partial charge in [-0.2, -0.15) is 0 Å². The molecule has 1 heterocycles. The molecule has 1 rings (SSSR count). The highest BCUT2D eigenvalue weighted by Crippen LogP contribution is 2.13. The molecule has 0 bridgehead atoms. The van der Waals surface area contributed by atoms with E-state index in [1.165, 1.54) is 0 Å². The molecule has 3 atom stereocenters. The molecule has 0 aromatic carbocycles. The molecule has 0 aromatic heterocycles. The van der Waals surface area contributed by atoms with Crippen molar-refractivity contribution in [1.82, 2.24) is 0 Å². The summed E-state index contributed by atoms with van der Waals surface area (Å²) in [5.74, 6) is 0. The summed E-state index contributed by atoms with van der Waals surface area (Å²) in [6, 6.07) is 0. The standard InChI is InChI=1S/C6H12O4/c7-2-4-1-5(8)6(9)3-10-4/h4-9H,1-3H2/t4-,5-,6-/m0/s1. The lowest BCUT2D eigenvalue weighted by Gasteiger charge is -2.29. The van der Waals surface area contributed by atoms with Crippen LogP contribution in [0.3, 0.4) is 0 Å². The molecule has 1 aliphatic heterocycles. The lowest BCUT2D eigenvalue weighted by Crippen LogP contribution is -2.42. The van der Waals surface area contributed by atoms with E-state index in [1.807, 2.05) is 0 Å². The van der Waals surface area contributed by atoms with E-state index in [9.17, 15) is 0 Å². The van der Waals surface area contributed by atoms with Crippen LogP contribution < -0.4 is 0 Å². The second-order valence-electron chi connectivity index (χ2n) is 2.51. The highest BCUT2D eigenvalue weighted by molar-refractivity contribution is 4.76. The Kier molecular flexibility index (Phi) is 2.62. The Balaban J connectivity index is 2.33. The third-order valence-electron chi connectivity index (χ3n) is 1.65. The van der Waals surface area contributed by atoms with Crippen molar-refractivity contribution < 1.29 is 20.1 Å². The first-order valence-corrected chi connectivity index (χ1v) is 3.32. The van der Waals surface area contributed by atoms with E-state index in [0.29, 0.717) is 6.42 Å². The number of hydrogen-bond acceptors (Lipinski definition) is 4. The fourth-order valence-electron chi connectivity index (χ4n) is 0.967. The van der Waals surface area contributed by atoms with E-state index in [0.717, 1.165) is 0 Å². The average molecular weight is 148 g/mol. The van der Waals surface area contributed by atoms with Crippen LogP contribution in [0.4, 0.5) is 0 Å². The zero-order valence-corrected chi connectivity index (χ0v) is 5.60. The number of hydrogen-bond donors (Lipinski definition) is 3. The molecule has 4 nitrogen and oxygen atoms in total. The van der Waals surface area contributed by atoms with Gasteiger partial charge in [-0.1, -0.05) is 0 Å². The Morgan fingerprint density at radius 1 is 1.30 bits per heavy atom. The molecule has 1 fully saturated rings. The van der Waals surface area contributed by atoms with Gasteiger partial charge in [0.1, 0.15) is 6.10 Å². The van der Waals surface area contributed by atoms with Gasteiger partial charge in [0.25, 0.3) is 0 Å². The maximum Gasteiger partial charge on any atom is 0.103 e. The van der Waals surface area contributed by atoms with Crippen molar-refractivity contribution in [3.05, 3.63) is 0 Å². The van der Waals surface area contributed by atoms with Crippen molar-refractivity contribution in [2.24, 2.45) is 0 Å². The van der Waals surface area contributed by atoms with Crippen LogP contribution in [0.25, 0.3) is 0 Å². The Bertz CT molecular complexity index is 106. The highest BCUT2D eigenvalue weighted by Gasteiger charge is 2.27. The van der Waals surface area contributed by atoms with E-state index in [1.54, 1.807) is 0 Å². The van der Waals surface area contributed by atoms with Crippen molar-refractivity contribution in [3.8, 4) is 0 Å². The molecule has 0 saturated carbocycles. The van der Waals surface area contributed by atoms with Gasteiger partial charge in [0, 0.05) is 6.42 Å². The van der Waals surface area contributed by atoms with Crippen LogP contribution in [-0.4, -0.2) is 46.8 Å². The fraction of sp³-hybridized carbons (Fsp3) is 1.00. The summed E-state index contributed by atoms with van der Waals surface area (Å²) in [6.07, 6.45) is -1.52. The molecule has 0 aliphatic carbocycles. The molecule has 0 amide bonds. The first-order chi connectivity index (χ1) is 4.74. The van der Waals surface area contributed by atoms with Crippen molar-refractivity contribution in [2.45, 2.75) is 24.7 Å². The minimum atomic E-state index is -0.789. The van der Waals surface area contributed by atoms with E-state index >= 15 is 0 Å². The lowest BCUT2D eigenvalue weighted by atomic mass is 10.0. The number of aliphatic hydroxyl groups is 3. The van der Waals surface area contributed by atoms with Crippen LogP contribution in [-0.2, 0) is 4.74 Å². The molecule has 0 aromatic rings. The molecular formula is C6H12O4. The molecule has 60 valence electrons. The van der Waals surface area contributed by atoms with Crippen molar-refractivity contribution in [3.63, 3.8) is 0 Å². The summed E-state index contributed by atoms with van der Waals surface area (Å²) in [5, 5.41) is 26.5. The van der Waals surface area contributed by atoms with Gasteiger partial charge in [-0.3, -0.25) is 0 Å². The SMILES string of the molecule is OC[C@@H]1C[C@H](O)[C@@H](O)CO1. The Morgan fingerprint density at radius 2 is 2.00 bits per heavy atom. The average Bonchev–Trinajstić information content (AvgIpc) is 1.95. The summed E-state index contributed by atoms with van der Waals surface area (Å²) in [5.41, 5.74) is 0. The predicted octanol–water partition coefficient (Wildman–Crippen LogP) is -1.51. The van der Waals surface area contributed by atoms with Crippen LogP contribution in [0.2, 0.25) is 0 Å². The third-order valence-corrected chi connectivity index (χ3v) is 1.65. The summed E-state index contributed by atoms with van der Waals surface area (Å²) in [4.78, 5) is 0. The van der Waals surface area contributed by atoms with E-state index in [2.05, 4.69) is 0 Å². The van der Waals surface area contributed by atoms with E-state index in [-0.39, 0.29) is 19.3 Å². The van der Waals surface area contributed by atoms with Crippen molar-refractivity contribution in [2.75, 3.05) is 13.2 Å². The molecular weight excluding hydrogens is 136 g/mol. The number of aliphatic hydroxyl groups excluding tert-OH is 3. The Labute approximate surface area is 59.1 Å². The van der Waals surface area contributed by atoms with Crippen molar-refractivity contribution >= 4 is 0 Å². The van der Waals surface area contributed by atoms with Gasteiger partial charge in [0.2, 0.25) is 0 Å². The predicted molar refractivity (Wildman–Crippen MR) is 33.5 cm³/mol. The van der Waals surface area contributed by atoms with Crippen LogP contribution >= 0.6 is 0 Å². The molecule has 0 radical (unpaired) electrons. The fourth-order valence-corrected chi connectivity index (χ4v) is 0.967. The van der Waals surface area contributed by atoms with Gasteiger partial charge in [-0.05, 0) is 0 Å². The second kappa shape index (κ2) is 3.30. The number of ether oxygens (including phenoxy) is 1. The van der Waals surface area contributed by atoms with Gasteiger partial charge >= 0.3 is 0 Å². The normalized spacial score (nSPS) is 41.7. The lowest BCUT2D eigenvalue weighted by molar-refractivity contribution is -0.131. The Hall–Kier alpha value is -0.160. The summed E-state index contributed by atoms with van der Waals surface area (Å²) in [6.45, 7) is 0.0240. The quantitative estimate of drug-likeness (QED) is 0.423. The molecule has 1 saturated heterocycles. The van der Waals surface area contributed by atoms with Crippen molar-refractivity contribution in [1.29, 1.82) is 0 Å². The monoisotopic (exact) mass is 148 g/mol. The van der Waals surface area contributed by atoms with Crippen LogP contribution in [0.1, 0.15) is 6.42 Å². The zero-order valence-electron chi connectivity index (χ0n) is 5.60. The third kappa shape index (κ3) is 1.67. The molecule has 4 heteroatoms. The van der Waals surface area contributed by atoms with E-state index in [4.69, 9.17) is 20.1 Å². The summed E-state index contributed by atoms with van der Waals surface area (Å²) < 4.78 is 4.95. The largest absolute Gasteiger partial charge is 0.394 e. The topological polar surface area (TPSA) is 69.9 Å². The molecule has 0 unspecified atom stereocenters. The minimum absolute atomic E-state index is 0.0935. The number of rotatable bonds is 1. The first kappa shape index (κ1) is 7.94. The summed E-state index contributed by atoms with van der Waals surface area (Å²) in [7, 11) is 0. The van der Waals surface area contributed by atoms with Gasteiger partial charge < -0.3 is 20.1 Å². The molecule has 3 N–H and O–H groups in total. The van der Waals surface area contributed by atoms with E-state index < -0.39 is 12.2 Å². The van der Waals surface area contributed by atoms with Gasteiger partial charge in [0.05, 0.1) is 25.4 Å². The van der Waals surface area contributed by atoms with Gasteiger partial charge in [-0.15, -0.1) is 0 Å². The van der Waals surface area contributed by atoms with Crippen LogP contribution in [0.5, 0.6) is 0 Å². The molecule has 10 heavy (non-hydrogen) atoms. The molecule has 1 aliphatic rings. The summed E-state index contributed by atoms with van der Waals surface area (Å²) >= 11 is 0. The molecule has 0 spiro atoms. The first-order valence-electron chi connectivity index (χ1n) is 3.32. The maximum absolute atomic E-state index is 9.04. The van der Waals surface area contributed by atoms with Gasteiger partial charge in [-0.25, -0.2) is 0 Å². The van der Waals surface area contributed by atoms with Gasteiger partial charge in [0.15, 0.2) is 0 Å². The second-order valence-corrected chi connectivity index (χ2v) is 2.51.